The first-order valence-corrected chi connectivity index (χ1v) is 10.9. The number of hydrogen-bond acceptors (Lipinski definition) is 5. The van der Waals surface area contributed by atoms with Gasteiger partial charge < -0.3 is 15.0 Å². The van der Waals surface area contributed by atoms with E-state index in [1.165, 1.54) is 11.3 Å². The lowest BCUT2D eigenvalue weighted by atomic mass is 10.1. The van der Waals surface area contributed by atoms with Crippen molar-refractivity contribution < 1.29 is 14.3 Å². The van der Waals surface area contributed by atoms with Gasteiger partial charge >= 0.3 is 0 Å². The largest absolute Gasteiger partial charge is 0.454 e. The maximum atomic E-state index is 13.1. The average Bonchev–Trinajstić information content (AvgIpc) is 3.28. The lowest BCUT2D eigenvalue weighted by Crippen LogP contribution is -2.25. The van der Waals surface area contributed by atoms with Gasteiger partial charge in [0.1, 0.15) is 16.5 Å². The zero-order valence-electron chi connectivity index (χ0n) is 17.5. The van der Waals surface area contributed by atoms with Crippen molar-refractivity contribution in [3.8, 4) is 22.1 Å². The third kappa shape index (κ3) is 3.63. The van der Waals surface area contributed by atoms with E-state index in [0.29, 0.717) is 34.1 Å². The van der Waals surface area contributed by atoms with Crippen LogP contribution < -0.4 is 15.0 Å². The number of anilines is 2. The van der Waals surface area contributed by atoms with Crippen LogP contribution >= 0.6 is 11.3 Å². The van der Waals surface area contributed by atoms with E-state index in [-0.39, 0.29) is 11.8 Å². The van der Waals surface area contributed by atoms with Crippen LogP contribution in [0.1, 0.15) is 26.4 Å². The van der Waals surface area contributed by atoms with Gasteiger partial charge in [-0.3, -0.25) is 9.59 Å². The average molecular weight is 442 g/mol. The zero-order chi connectivity index (χ0) is 22.2. The summed E-state index contributed by atoms with van der Waals surface area (Å²) in [5, 5.41) is 5.34. The lowest BCUT2D eigenvalue weighted by molar-refractivity contribution is 0.0989. The Balaban J connectivity index is 1.40. The van der Waals surface area contributed by atoms with Crippen molar-refractivity contribution in [2.24, 2.45) is 0 Å². The number of ether oxygens (including phenoxy) is 1. The highest BCUT2D eigenvalue weighted by atomic mass is 32.1. The molecule has 2 heterocycles. The van der Waals surface area contributed by atoms with Crippen LogP contribution in [-0.2, 0) is 0 Å². The molecule has 1 aromatic heterocycles. The summed E-state index contributed by atoms with van der Waals surface area (Å²) in [6.45, 7) is 1.96. The van der Waals surface area contributed by atoms with E-state index < -0.39 is 0 Å². The fourth-order valence-electron chi connectivity index (χ4n) is 3.53. The number of fused-ring (bicyclic) bond motifs is 2. The Bertz CT molecular complexity index is 1350. The van der Waals surface area contributed by atoms with Gasteiger partial charge in [-0.05, 0) is 42.8 Å². The van der Waals surface area contributed by atoms with E-state index in [4.69, 9.17) is 4.74 Å². The monoisotopic (exact) mass is 441 g/mol. The van der Waals surface area contributed by atoms with Crippen LogP contribution in [0.4, 0.5) is 11.4 Å². The van der Waals surface area contributed by atoms with E-state index in [2.05, 4.69) is 10.3 Å². The predicted octanol–water partition coefficient (Wildman–Crippen LogP) is 5.75. The highest BCUT2D eigenvalue weighted by Crippen LogP contribution is 2.39. The van der Waals surface area contributed by atoms with Gasteiger partial charge in [0.15, 0.2) is 5.75 Å². The second-order valence-electron chi connectivity index (χ2n) is 7.51. The summed E-state index contributed by atoms with van der Waals surface area (Å²) in [5.41, 5.74) is 3.89. The number of aromatic nitrogens is 1. The maximum absolute atomic E-state index is 13.1. The molecule has 158 valence electrons. The molecule has 0 bridgehead atoms. The van der Waals surface area contributed by atoms with Crippen LogP contribution in [0.2, 0.25) is 0 Å². The Hall–Kier alpha value is -3.97. The van der Waals surface area contributed by atoms with Gasteiger partial charge in [0, 0.05) is 23.7 Å². The van der Waals surface area contributed by atoms with Gasteiger partial charge in [-0.15, -0.1) is 11.3 Å². The van der Waals surface area contributed by atoms with E-state index in [0.717, 1.165) is 16.1 Å². The number of nitrogens with zero attached hydrogens (tertiary/aromatic N) is 2. The fraction of sp³-hybridized carbons (Fsp3) is 0.0800. The minimum absolute atomic E-state index is 0.208. The summed E-state index contributed by atoms with van der Waals surface area (Å²) in [6, 6.07) is 20.5. The Morgan fingerprint density at radius 2 is 1.81 bits per heavy atom. The minimum atomic E-state index is -0.336. The predicted molar refractivity (Wildman–Crippen MR) is 126 cm³/mol. The summed E-state index contributed by atoms with van der Waals surface area (Å²) >= 11 is 1.41. The van der Waals surface area contributed by atoms with Crippen LogP contribution in [0.25, 0.3) is 10.6 Å². The second kappa shape index (κ2) is 7.94. The summed E-state index contributed by atoms with van der Waals surface area (Å²) < 4.78 is 6.01. The van der Waals surface area contributed by atoms with Gasteiger partial charge in [0.25, 0.3) is 11.8 Å². The Labute approximate surface area is 189 Å². The number of nitrogens with one attached hydrogen (secondary N) is 1. The molecule has 0 spiro atoms. The normalized spacial score (nSPS) is 12.4. The van der Waals surface area contributed by atoms with Crippen LogP contribution in [0, 0.1) is 6.92 Å². The molecule has 0 radical (unpaired) electrons. The maximum Gasteiger partial charge on any atom is 0.275 e. The number of carbonyl (C=O) groups excluding carboxylic acids is 2. The number of rotatable bonds is 3. The SMILES string of the molecule is Cc1ccc2c(c1)N(C)C(=O)c1cc(NC(=O)c3csc(-c4ccccc4)n3)ccc1O2. The molecule has 7 heteroatoms. The van der Waals surface area contributed by atoms with Crippen molar-refractivity contribution in [3.63, 3.8) is 0 Å². The van der Waals surface area contributed by atoms with Gasteiger partial charge in [-0.1, -0.05) is 36.4 Å². The van der Waals surface area contributed by atoms with Crippen LogP contribution in [0.5, 0.6) is 11.5 Å². The smallest absolute Gasteiger partial charge is 0.275 e. The number of thiazole rings is 1. The Kier molecular flexibility index (Phi) is 4.95. The molecular formula is C25H19N3O3S. The van der Waals surface area contributed by atoms with Crippen molar-refractivity contribution in [1.82, 2.24) is 4.98 Å². The Morgan fingerprint density at radius 1 is 1.03 bits per heavy atom. The second-order valence-corrected chi connectivity index (χ2v) is 8.36. The Morgan fingerprint density at radius 3 is 2.62 bits per heavy atom. The quantitative estimate of drug-likeness (QED) is 0.439. The number of amides is 2. The standard InChI is InChI=1S/C25H19N3O3S/c1-15-8-10-22-20(12-15)28(2)25(30)18-13-17(9-11-21(18)31-22)26-23(29)19-14-32-24(27-19)16-6-4-3-5-7-16/h3-14H,1-2H3,(H,26,29). The minimum Gasteiger partial charge on any atom is -0.454 e. The lowest BCUT2D eigenvalue weighted by Gasteiger charge is -2.16. The van der Waals surface area contributed by atoms with Crippen molar-refractivity contribution in [1.29, 1.82) is 0 Å². The van der Waals surface area contributed by atoms with Crippen LogP contribution in [0.3, 0.4) is 0 Å². The topological polar surface area (TPSA) is 71.5 Å². The first kappa shape index (κ1) is 20.0. The van der Waals surface area contributed by atoms with Gasteiger partial charge in [-0.25, -0.2) is 4.98 Å². The molecule has 4 aromatic rings. The molecule has 1 aliphatic rings. The highest BCUT2D eigenvalue weighted by molar-refractivity contribution is 7.13. The number of benzene rings is 3. The van der Waals surface area contributed by atoms with E-state index >= 15 is 0 Å². The molecule has 0 fully saturated rings. The molecular weight excluding hydrogens is 422 g/mol. The molecule has 0 aliphatic carbocycles. The summed E-state index contributed by atoms with van der Waals surface area (Å²) in [5.74, 6) is 0.512. The van der Waals surface area contributed by atoms with E-state index in [1.54, 1.807) is 35.5 Å². The number of hydrogen-bond donors (Lipinski definition) is 1. The van der Waals surface area contributed by atoms with Crippen LogP contribution in [0.15, 0.2) is 72.1 Å². The van der Waals surface area contributed by atoms with Gasteiger partial charge in [0.2, 0.25) is 0 Å². The number of aryl methyl sites for hydroxylation is 1. The zero-order valence-corrected chi connectivity index (χ0v) is 18.3. The molecule has 2 amide bonds. The van der Waals surface area contributed by atoms with E-state index in [1.807, 2.05) is 55.5 Å². The fourth-order valence-corrected chi connectivity index (χ4v) is 4.34. The van der Waals surface area contributed by atoms with Crippen molar-refractivity contribution >= 4 is 34.5 Å². The first-order chi connectivity index (χ1) is 15.5. The molecule has 3 aromatic carbocycles. The van der Waals surface area contributed by atoms with Gasteiger partial charge in [0.05, 0.1) is 11.3 Å². The molecule has 0 saturated heterocycles. The third-order valence-electron chi connectivity index (χ3n) is 5.23. The highest BCUT2D eigenvalue weighted by Gasteiger charge is 2.26. The molecule has 0 unspecified atom stereocenters. The first-order valence-electron chi connectivity index (χ1n) is 10.0. The van der Waals surface area contributed by atoms with Gasteiger partial charge in [-0.2, -0.15) is 0 Å². The molecule has 1 aliphatic heterocycles. The van der Waals surface area contributed by atoms with Crippen molar-refractivity contribution in [2.75, 3.05) is 17.3 Å². The third-order valence-corrected chi connectivity index (χ3v) is 6.12. The van der Waals surface area contributed by atoms with E-state index in [9.17, 15) is 9.59 Å². The molecule has 1 N–H and O–H groups in total. The van der Waals surface area contributed by atoms with Crippen LogP contribution in [-0.4, -0.2) is 23.8 Å². The molecule has 5 rings (SSSR count). The van der Waals surface area contributed by atoms with Crippen molar-refractivity contribution in [2.45, 2.75) is 6.92 Å². The summed E-state index contributed by atoms with van der Waals surface area (Å²) in [6.07, 6.45) is 0. The molecule has 0 atom stereocenters. The molecule has 6 nitrogen and oxygen atoms in total. The summed E-state index contributed by atoms with van der Waals surface area (Å²) in [7, 11) is 1.71. The summed E-state index contributed by atoms with van der Waals surface area (Å²) in [4.78, 5) is 31.9. The number of carbonyl (C=O) groups is 2. The molecule has 0 saturated carbocycles. The van der Waals surface area contributed by atoms with Crippen molar-refractivity contribution in [3.05, 3.63) is 88.9 Å². The molecule has 32 heavy (non-hydrogen) atoms.